The number of nitrogens with one attached hydrogen (secondary N) is 2. The summed E-state index contributed by atoms with van der Waals surface area (Å²) in [4.78, 5) is 1.36. The van der Waals surface area contributed by atoms with Crippen molar-refractivity contribution >= 4 is 27.3 Å². The van der Waals surface area contributed by atoms with E-state index in [2.05, 4.69) is 44.9 Å². The van der Waals surface area contributed by atoms with Gasteiger partial charge >= 0.3 is 0 Å². The van der Waals surface area contributed by atoms with Crippen molar-refractivity contribution in [2.24, 2.45) is 0 Å². The molecule has 0 saturated carbocycles. The third kappa shape index (κ3) is 3.77. The van der Waals surface area contributed by atoms with E-state index in [4.69, 9.17) is 0 Å². The predicted octanol–water partition coefficient (Wildman–Crippen LogP) is 2.21. The Bertz CT molecular complexity index is 250. The van der Waals surface area contributed by atoms with Gasteiger partial charge in [0.2, 0.25) is 0 Å². The monoisotopic (exact) mass is 262 g/mol. The molecule has 2 N–H and O–H groups in total. The molecule has 1 heterocycles. The summed E-state index contributed by atoms with van der Waals surface area (Å²) in [5, 5.41) is 8.69. The highest BCUT2D eigenvalue weighted by molar-refractivity contribution is 9.10. The second kappa shape index (κ2) is 5.75. The van der Waals surface area contributed by atoms with E-state index >= 15 is 0 Å². The Morgan fingerprint density at radius 2 is 2.38 bits per heavy atom. The molecule has 1 rings (SSSR count). The van der Waals surface area contributed by atoms with Crippen LogP contribution in [0.1, 0.15) is 11.8 Å². The fraction of sp³-hybridized carbons (Fsp3) is 0.556. The van der Waals surface area contributed by atoms with Gasteiger partial charge in [-0.15, -0.1) is 11.3 Å². The van der Waals surface area contributed by atoms with Gasteiger partial charge in [-0.25, -0.2) is 0 Å². The topological polar surface area (TPSA) is 24.1 Å². The zero-order chi connectivity index (χ0) is 9.68. The van der Waals surface area contributed by atoms with E-state index in [1.165, 1.54) is 9.35 Å². The van der Waals surface area contributed by atoms with Crippen LogP contribution in [0.5, 0.6) is 0 Å². The molecule has 1 aromatic heterocycles. The normalized spacial score (nSPS) is 13.2. The van der Waals surface area contributed by atoms with Gasteiger partial charge in [0, 0.05) is 28.5 Å². The van der Waals surface area contributed by atoms with E-state index < -0.39 is 0 Å². The van der Waals surface area contributed by atoms with Crippen LogP contribution in [0.3, 0.4) is 0 Å². The maximum absolute atomic E-state index is 3.51. The summed E-state index contributed by atoms with van der Waals surface area (Å²) in [5.74, 6) is 0. The Kier molecular flexibility index (Phi) is 4.94. The molecule has 0 fully saturated rings. The van der Waals surface area contributed by atoms with E-state index in [9.17, 15) is 0 Å². The van der Waals surface area contributed by atoms with Gasteiger partial charge in [-0.1, -0.05) is 0 Å². The summed E-state index contributed by atoms with van der Waals surface area (Å²) in [6.45, 7) is 4.11. The van der Waals surface area contributed by atoms with Gasteiger partial charge in [-0.3, -0.25) is 0 Å². The van der Waals surface area contributed by atoms with Crippen molar-refractivity contribution in [3.63, 3.8) is 0 Å². The van der Waals surface area contributed by atoms with Crippen LogP contribution >= 0.6 is 27.3 Å². The Balaban J connectivity index is 2.24. The summed E-state index contributed by atoms with van der Waals surface area (Å²) in [5.41, 5.74) is 0. The van der Waals surface area contributed by atoms with Crippen LogP contribution in [0.25, 0.3) is 0 Å². The maximum atomic E-state index is 3.51. The first-order chi connectivity index (χ1) is 6.24. The van der Waals surface area contributed by atoms with Crippen molar-refractivity contribution in [3.05, 3.63) is 20.8 Å². The number of thiophene rings is 1. The summed E-state index contributed by atoms with van der Waals surface area (Å²) in [7, 11) is 1.98. The summed E-state index contributed by atoms with van der Waals surface area (Å²) >= 11 is 5.28. The van der Waals surface area contributed by atoms with Gasteiger partial charge in [0.25, 0.3) is 0 Å². The number of hydrogen-bond donors (Lipinski definition) is 2. The quantitative estimate of drug-likeness (QED) is 0.851. The van der Waals surface area contributed by atoms with Crippen molar-refractivity contribution in [1.29, 1.82) is 0 Å². The highest BCUT2D eigenvalue weighted by Gasteiger charge is 2.01. The lowest BCUT2D eigenvalue weighted by Crippen LogP contribution is -2.33. The lowest BCUT2D eigenvalue weighted by atomic mass is 10.3. The molecule has 2 nitrogen and oxygen atoms in total. The molecule has 0 aliphatic carbocycles. The van der Waals surface area contributed by atoms with Crippen molar-refractivity contribution in [2.45, 2.75) is 19.5 Å². The van der Waals surface area contributed by atoms with E-state index in [1.807, 2.05) is 7.05 Å². The molecular formula is C9H15BrN2S. The minimum Gasteiger partial charge on any atom is -0.316 e. The fourth-order valence-corrected chi connectivity index (χ4v) is 2.42. The Hall–Kier alpha value is 0.100. The predicted molar refractivity (Wildman–Crippen MR) is 62.2 cm³/mol. The average Bonchev–Trinajstić information content (AvgIpc) is 2.52. The average molecular weight is 263 g/mol. The second-order valence-corrected chi connectivity index (χ2v) is 4.87. The first-order valence-corrected chi connectivity index (χ1v) is 6.01. The van der Waals surface area contributed by atoms with Crippen molar-refractivity contribution in [1.82, 2.24) is 10.6 Å². The minimum absolute atomic E-state index is 0.527. The van der Waals surface area contributed by atoms with Crippen LogP contribution in [-0.4, -0.2) is 19.6 Å². The number of hydrogen-bond acceptors (Lipinski definition) is 3. The second-order valence-electron chi connectivity index (χ2n) is 3.01. The lowest BCUT2D eigenvalue weighted by molar-refractivity contribution is 0.542. The van der Waals surface area contributed by atoms with Gasteiger partial charge in [0.15, 0.2) is 0 Å². The van der Waals surface area contributed by atoms with Crippen LogP contribution in [-0.2, 0) is 6.54 Å². The molecule has 0 amide bonds. The van der Waals surface area contributed by atoms with Crippen LogP contribution in [0.15, 0.2) is 15.9 Å². The molecule has 0 radical (unpaired) electrons. The summed E-state index contributed by atoms with van der Waals surface area (Å²) < 4.78 is 1.21. The van der Waals surface area contributed by atoms with E-state index in [1.54, 1.807) is 11.3 Å². The van der Waals surface area contributed by atoms with Crippen LogP contribution in [0.4, 0.5) is 0 Å². The Morgan fingerprint density at radius 3 is 2.92 bits per heavy atom. The molecule has 74 valence electrons. The van der Waals surface area contributed by atoms with Crippen LogP contribution < -0.4 is 10.6 Å². The first-order valence-electron chi connectivity index (χ1n) is 4.34. The third-order valence-corrected chi connectivity index (χ3v) is 3.85. The zero-order valence-corrected chi connectivity index (χ0v) is 10.3. The van der Waals surface area contributed by atoms with Gasteiger partial charge in [-0.2, -0.15) is 0 Å². The standard InChI is InChI=1S/C9H15BrN2S/c1-7(11-2)5-12-6-9-8(10)3-4-13-9/h3-4,7,11-12H,5-6H2,1-2H3. The Labute approximate surface area is 91.9 Å². The van der Waals surface area contributed by atoms with Gasteiger partial charge < -0.3 is 10.6 Å². The van der Waals surface area contributed by atoms with Crippen molar-refractivity contribution < 1.29 is 0 Å². The van der Waals surface area contributed by atoms with E-state index in [0.29, 0.717) is 6.04 Å². The van der Waals surface area contributed by atoms with E-state index in [-0.39, 0.29) is 0 Å². The van der Waals surface area contributed by atoms with Gasteiger partial charge in [0.1, 0.15) is 0 Å². The minimum atomic E-state index is 0.527. The first kappa shape index (κ1) is 11.2. The molecule has 0 bridgehead atoms. The molecule has 13 heavy (non-hydrogen) atoms. The number of rotatable bonds is 5. The number of likely N-dealkylation sites (N-methyl/N-ethyl adjacent to an activating group) is 1. The van der Waals surface area contributed by atoms with Crippen molar-refractivity contribution in [2.75, 3.05) is 13.6 Å². The van der Waals surface area contributed by atoms with Gasteiger partial charge in [0.05, 0.1) is 0 Å². The highest BCUT2D eigenvalue weighted by atomic mass is 79.9. The molecule has 1 atom stereocenters. The third-order valence-electron chi connectivity index (χ3n) is 1.92. The summed E-state index contributed by atoms with van der Waals surface area (Å²) in [6, 6.07) is 2.61. The molecule has 1 unspecified atom stereocenters. The molecular weight excluding hydrogens is 248 g/mol. The largest absolute Gasteiger partial charge is 0.316 e. The highest BCUT2D eigenvalue weighted by Crippen LogP contribution is 2.21. The molecule has 0 saturated heterocycles. The van der Waals surface area contributed by atoms with E-state index in [0.717, 1.165) is 13.1 Å². The molecule has 0 spiro atoms. The molecule has 0 aromatic carbocycles. The molecule has 1 aromatic rings. The molecule has 0 aliphatic rings. The van der Waals surface area contributed by atoms with Crippen LogP contribution in [0, 0.1) is 0 Å². The molecule has 4 heteroatoms. The Morgan fingerprint density at radius 1 is 1.62 bits per heavy atom. The summed E-state index contributed by atoms with van der Waals surface area (Å²) in [6.07, 6.45) is 0. The zero-order valence-electron chi connectivity index (χ0n) is 7.93. The van der Waals surface area contributed by atoms with Crippen LogP contribution in [0.2, 0.25) is 0 Å². The van der Waals surface area contributed by atoms with Crippen molar-refractivity contribution in [3.8, 4) is 0 Å². The SMILES string of the molecule is CNC(C)CNCc1sccc1Br. The van der Waals surface area contributed by atoms with Gasteiger partial charge in [-0.05, 0) is 41.3 Å². The smallest absolute Gasteiger partial charge is 0.0327 e. The fourth-order valence-electron chi connectivity index (χ4n) is 0.956. The molecule has 0 aliphatic heterocycles. The maximum Gasteiger partial charge on any atom is 0.0327 e. The number of halogens is 1. The lowest BCUT2D eigenvalue weighted by Gasteiger charge is -2.10.